The summed E-state index contributed by atoms with van der Waals surface area (Å²) in [6, 6.07) is -0.0134. The average molecular weight is 230 g/mol. The summed E-state index contributed by atoms with van der Waals surface area (Å²) in [4.78, 5) is 12.1. The lowest BCUT2D eigenvalue weighted by Crippen LogP contribution is -2.43. The maximum absolute atomic E-state index is 11.7. The van der Waals surface area contributed by atoms with Crippen LogP contribution in [0.25, 0.3) is 0 Å². The SMILES string of the molecule is CC(CC(N)=S)NC(=O)C1CCCCO1. The van der Waals surface area contributed by atoms with Gasteiger partial charge < -0.3 is 15.8 Å². The number of carbonyl (C=O) groups is 1. The first-order valence-corrected chi connectivity index (χ1v) is 5.70. The maximum Gasteiger partial charge on any atom is 0.249 e. The van der Waals surface area contributed by atoms with Gasteiger partial charge in [0, 0.05) is 19.1 Å². The Hall–Kier alpha value is -0.680. The van der Waals surface area contributed by atoms with Crippen LogP contribution in [0.4, 0.5) is 0 Å². The van der Waals surface area contributed by atoms with Crippen molar-refractivity contribution in [1.82, 2.24) is 5.32 Å². The number of amides is 1. The molecule has 0 radical (unpaired) electrons. The molecule has 0 saturated carbocycles. The summed E-state index contributed by atoms with van der Waals surface area (Å²) in [6.45, 7) is 2.57. The molecule has 1 saturated heterocycles. The van der Waals surface area contributed by atoms with Gasteiger partial charge in [-0.25, -0.2) is 0 Å². The summed E-state index contributed by atoms with van der Waals surface area (Å²) < 4.78 is 5.37. The molecule has 86 valence electrons. The number of carbonyl (C=O) groups excluding carboxylic acids is 1. The van der Waals surface area contributed by atoms with Crippen molar-refractivity contribution >= 4 is 23.1 Å². The van der Waals surface area contributed by atoms with E-state index >= 15 is 0 Å². The molecular formula is C10H18N2O2S. The fourth-order valence-corrected chi connectivity index (χ4v) is 1.89. The molecule has 15 heavy (non-hydrogen) atoms. The van der Waals surface area contributed by atoms with Crippen molar-refractivity contribution in [2.24, 2.45) is 5.73 Å². The summed E-state index contributed by atoms with van der Waals surface area (Å²) in [5, 5.41) is 2.85. The van der Waals surface area contributed by atoms with Gasteiger partial charge >= 0.3 is 0 Å². The largest absolute Gasteiger partial charge is 0.393 e. The predicted molar refractivity (Wildman–Crippen MR) is 62.6 cm³/mol. The molecule has 0 aromatic heterocycles. The van der Waals surface area contributed by atoms with Crippen molar-refractivity contribution in [1.29, 1.82) is 0 Å². The average Bonchev–Trinajstić information content (AvgIpc) is 2.17. The second kappa shape index (κ2) is 6.02. The minimum absolute atomic E-state index is 0.0134. The second-order valence-electron chi connectivity index (χ2n) is 3.94. The smallest absolute Gasteiger partial charge is 0.249 e. The summed E-state index contributed by atoms with van der Waals surface area (Å²) >= 11 is 4.78. The highest BCUT2D eigenvalue weighted by Gasteiger charge is 2.22. The Kier molecular flexibility index (Phi) is 4.98. The van der Waals surface area contributed by atoms with Gasteiger partial charge in [0.15, 0.2) is 0 Å². The minimum atomic E-state index is -0.285. The van der Waals surface area contributed by atoms with Crippen LogP contribution in [0.15, 0.2) is 0 Å². The molecule has 1 aliphatic rings. The van der Waals surface area contributed by atoms with Gasteiger partial charge in [-0.15, -0.1) is 0 Å². The molecule has 2 unspecified atom stereocenters. The molecule has 1 heterocycles. The van der Waals surface area contributed by atoms with Gasteiger partial charge in [0.2, 0.25) is 5.91 Å². The Morgan fingerprint density at radius 2 is 2.40 bits per heavy atom. The molecule has 0 bridgehead atoms. The normalized spacial score (nSPS) is 23.1. The fourth-order valence-electron chi connectivity index (χ4n) is 1.64. The van der Waals surface area contributed by atoms with Crippen molar-refractivity contribution < 1.29 is 9.53 Å². The third-order valence-corrected chi connectivity index (χ3v) is 2.53. The van der Waals surface area contributed by atoms with Crippen LogP contribution in [-0.2, 0) is 9.53 Å². The highest BCUT2D eigenvalue weighted by Crippen LogP contribution is 2.12. The number of thiocarbonyl (C=S) groups is 1. The van der Waals surface area contributed by atoms with Gasteiger partial charge in [-0.3, -0.25) is 4.79 Å². The van der Waals surface area contributed by atoms with Crippen molar-refractivity contribution in [3.8, 4) is 0 Å². The summed E-state index contributed by atoms with van der Waals surface area (Å²) in [5.74, 6) is -0.0431. The van der Waals surface area contributed by atoms with Crippen LogP contribution in [0.1, 0.15) is 32.6 Å². The number of hydrogen-bond acceptors (Lipinski definition) is 3. The number of ether oxygens (including phenoxy) is 1. The highest BCUT2D eigenvalue weighted by molar-refractivity contribution is 7.80. The van der Waals surface area contributed by atoms with E-state index in [4.69, 9.17) is 22.7 Å². The topological polar surface area (TPSA) is 64.3 Å². The molecular weight excluding hydrogens is 212 g/mol. The van der Waals surface area contributed by atoms with E-state index in [1.165, 1.54) is 0 Å². The molecule has 1 fully saturated rings. The number of rotatable bonds is 4. The molecule has 1 aliphatic heterocycles. The molecule has 4 nitrogen and oxygen atoms in total. The van der Waals surface area contributed by atoms with Gasteiger partial charge in [0.05, 0.1) is 4.99 Å². The molecule has 0 aromatic carbocycles. The van der Waals surface area contributed by atoms with Gasteiger partial charge in [-0.2, -0.15) is 0 Å². The molecule has 5 heteroatoms. The first kappa shape index (κ1) is 12.4. The van der Waals surface area contributed by atoms with E-state index in [1.807, 2.05) is 6.92 Å². The minimum Gasteiger partial charge on any atom is -0.393 e. The summed E-state index contributed by atoms with van der Waals surface area (Å²) in [6.07, 6.45) is 3.17. The third kappa shape index (κ3) is 4.57. The van der Waals surface area contributed by atoms with Crippen molar-refractivity contribution in [3.05, 3.63) is 0 Å². The predicted octanol–water partition coefficient (Wildman–Crippen LogP) is 0.736. The zero-order chi connectivity index (χ0) is 11.3. The Morgan fingerprint density at radius 3 is 2.93 bits per heavy atom. The molecule has 0 spiro atoms. The van der Waals surface area contributed by atoms with Crippen LogP contribution in [0.5, 0.6) is 0 Å². The maximum atomic E-state index is 11.7. The van der Waals surface area contributed by atoms with Crippen LogP contribution in [-0.4, -0.2) is 29.6 Å². The van der Waals surface area contributed by atoms with Crippen molar-refractivity contribution in [2.75, 3.05) is 6.61 Å². The van der Waals surface area contributed by atoms with E-state index in [0.29, 0.717) is 18.0 Å². The van der Waals surface area contributed by atoms with Crippen LogP contribution in [0.3, 0.4) is 0 Å². The first-order chi connectivity index (χ1) is 7.09. The number of nitrogens with two attached hydrogens (primary N) is 1. The van der Waals surface area contributed by atoms with Crippen molar-refractivity contribution in [2.45, 2.75) is 44.8 Å². The molecule has 1 amide bonds. The van der Waals surface area contributed by atoms with Gasteiger partial charge in [-0.05, 0) is 26.2 Å². The fraction of sp³-hybridized carbons (Fsp3) is 0.800. The van der Waals surface area contributed by atoms with Crippen LogP contribution in [0.2, 0.25) is 0 Å². The Labute approximate surface area is 95.5 Å². The van der Waals surface area contributed by atoms with Gasteiger partial charge in [0.25, 0.3) is 0 Å². The summed E-state index contributed by atoms with van der Waals surface area (Å²) in [7, 11) is 0. The van der Waals surface area contributed by atoms with E-state index in [1.54, 1.807) is 0 Å². The Balaban J connectivity index is 2.30. The lowest BCUT2D eigenvalue weighted by Gasteiger charge is -2.23. The van der Waals surface area contributed by atoms with Gasteiger partial charge in [-0.1, -0.05) is 12.2 Å². The number of hydrogen-bond donors (Lipinski definition) is 2. The first-order valence-electron chi connectivity index (χ1n) is 5.30. The van der Waals surface area contributed by atoms with Crippen molar-refractivity contribution in [3.63, 3.8) is 0 Å². The standard InChI is InChI=1S/C10H18N2O2S/c1-7(6-9(11)15)12-10(13)8-4-2-3-5-14-8/h7-8H,2-6H2,1H3,(H2,11,15)(H,12,13). The van der Waals surface area contributed by atoms with E-state index in [-0.39, 0.29) is 18.1 Å². The van der Waals surface area contributed by atoms with E-state index in [9.17, 15) is 4.79 Å². The zero-order valence-electron chi connectivity index (χ0n) is 8.99. The van der Waals surface area contributed by atoms with Crippen LogP contribution >= 0.6 is 12.2 Å². The highest BCUT2D eigenvalue weighted by atomic mass is 32.1. The van der Waals surface area contributed by atoms with Gasteiger partial charge in [0.1, 0.15) is 6.10 Å². The second-order valence-corrected chi connectivity index (χ2v) is 4.46. The molecule has 0 aliphatic carbocycles. The molecule has 0 aromatic rings. The number of nitrogens with one attached hydrogen (secondary N) is 1. The lowest BCUT2D eigenvalue weighted by atomic mass is 10.1. The Morgan fingerprint density at radius 1 is 1.67 bits per heavy atom. The monoisotopic (exact) mass is 230 g/mol. The Bertz CT molecular complexity index is 240. The van der Waals surface area contributed by atoms with Crippen LogP contribution in [0, 0.1) is 0 Å². The molecule has 1 rings (SSSR count). The van der Waals surface area contributed by atoms with E-state index < -0.39 is 0 Å². The molecule has 3 N–H and O–H groups in total. The van der Waals surface area contributed by atoms with E-state index in [0.717, 1.165) is 19.3 Å². The lowest BCUT2D eigenvalue weighted by molar-refractivity contribution is -0.136. The summed E-state index contributed by atoms with van der Waals surface area (Å²) in [5.41, 5.74) is 5.40. The zero-order valence-corrected chi connectivity index (χ0v) is 9.81. The third-order valence-electron chi connectivity index (χ3n) is 2.37. The quantitative estimate of drug-likeness (QED) is 0.699. The van der Waals surface area contributed by atoms with Crippen LogP contribution < -0.4 is 11.1 Å². The molecule has 2 atom stereocenters. The van der Waals surface area contributed by atoms with E-state index in [2.05, 4.69) is 5.32 Å².